The highest BCUT2D eigenvalue weighted by molar-refractivity contribution is 7.89. The molecule has 0 atom stereocenters. The molecule has 146 valence electrons. The van der Waals surface area contributed by atoms with Crippen LogP contribution in [0.15, 0.2) is 53.7 Å². The molecule has 0 saturated carbocycles. The maximum absolute atomic E-state index is 12.0. The molecular formula is C18H23N3O5S. The molecule has 1 heterocycles. The number of aromatic nitrogens is 1. The van der Waals surface area contributed by atoms with Crippen LogP contribution in [0.2, 0.25) is 0 Å². The number of pyridine rings is 1. The molecular weight excluding hydrogens is 370 g/mol. The minimum atomic E-state index is -3.65. The second kappa shape index (κ2) is 10.5. The first-order chi connectivity index (χ1) is 13.0. The topological polar surface area (TPSA) is 107 Å². The van der Waals surface area contributed by atoms with Crippen LogP contribution in [0.3, 0.4) is 0 Å². The second-order valence-electron chi connectivity index (χ2n) is 5.44. The van der Waals surface area contributed by atoms with Crippen LogP contribution in [0, 0.1) is 0 Å². The summed E-state index contributed by atoms with van der Waals surface area (Å²) in [6.45, 7) is 3.15. The molecule has 0 aliphatic rings. The fourth-order valence-corrected chi connectivity index (χ4v) is 3.13. The molecule has 0 spiro atoms. The van der Waals surface area contributed by atoms with Crippen molar-refractivity contribution in [2.75, 3.05) is 26.3 Å². The largest absolute Gasteiger partial charge is 0.494 e. The average molecular weight is 393 g/mol. The summed E-state index contributed by atoms with van der Waals surface area (Å²) in [5, 5.41) is 2.67. The monoisotopic (exact) mass is 393 g/mol. The van der Waals surface area contributed by atoms with Crippen molar-refractivity contribution >= 4 is 15.9 Å². The quantitative estimate of drug-likeness (QED) is 0.558. The lowest BCUT2D eigenvalue weighted by atomic mass is 10.3. The normalized spacial score (nSPS) is 11.0. The minimum Gasteiger partial charge on any atom is -0.494 e. The molecule has 0 fully saturated rings. The van der Waals surface area contributed by atoms with Gasteiger partial charge in [-0.1, -0.05) is 0 Å². The Morgan fingerprint density at radius 2 is 1.78 bits per heavy atom. The van der Waals surface area contributed by atoms with Crippen LogP contribution in [0.1, 0.15) is 13.3 Å². The first-order valence-corrected chi connectivity index (χ1v) is 10.0. The lowest BCUT2D eigenvalue weighted by molar-refractivity contribution is -0.121. The number of ether oxygens (including phenoxy) is 2. The smallest absolute Gasteiger partial charge is 0.242 e. The number of sulfonamides is 1. The number of nitrogens with zero attached hydrogens (tertiary/aromatic N) is 1. The van der Waals surface area contributed by atoms with Gasteiger partial charge in [-0.2, -0.15) is 0 Å². The molecule has 1 aromatic heterocycles. The van der Waals surface area contributed by atoms with Gasteiger partial charge < -0.3 is 14.8 Å². The Labute approximate surface area is 159 Å². The number of benzene rings is 1. The van der Waals surface area contributed by atoms with E-state index in [4.69, 9.17) is 9.47 Å². The molecule has 1 aromatic carbocycles. The molecule has 0 saturated heterocycles. The summed E-state index contributed by atoms with van der Waals surface area (Å²) in [5.41, 5.74) is 0. The van der Waals surface area contributed by atoms with E-state index in [0.29, 0.717) is 25.5 Å². The highest BCUT2D eigenvalue weighted by atomic mass is 32.2. The van der Waals surface area contributed by atoms with Crippen molar-refractivity contribution in [2.45, 2.75) is 18.2 Å². The lowest BCUT2D eigenvalue weighted by Crippen LogP contribution is -2.32. The molecule has 8 nitrogen and oxygen atoms in total. The summed E-state index contributed by atoms with van der Waals surface area (Å²) in [6.07, 6.45) is 2.77. The Hall–Kier alpha value is -2.65. The van der Waals surface area contributed by atoms with E-state index in [9.17, 15) is 13.2 Å². The zero-order valence-electron chi connectivity index (χ0n) is 15.1. The van der Waals surface area contributed by atoms with Crippen LogP contribution in [-0.4, -0.2) is 45.6 Å². The molecule has 2 rings (SSSR count). The molecule has 1 amide bonds. The molecule has 0 bridgehead atoms. The highest BCUT2D eigenvalue weighted by Gasteiger charge is 2.13. The van der Waals surface area contributed by atoms with Gasteiger partial charge in [0, 0.05) is 25.4 Å². The zero-order valence-corrected chi connectivity index (χ0v) is 15.9. The van der Waals surface area contributed by atoms with Gasteiger partial charge >= 0.3 is 0 Å². The predicted molar refractivity (Wildman–Crippen MR) is 100 cm³/mol. The number of rotatable bonds is 11. The number of hydrogen-bond acceptors (Lipinski definition) is 6. The van der Waals surface area contributed by atoms with E-state index in [1.807, 2.05) is 19.1 Å². The van der Waals surface area contributed by atoms with E-state index >= 15 is 0 Å². The first kappa shape index (κ1) is 20.7. The predicted octanol–water partition coefficient (Wildman–Crippen LogP) is 1.34. The Morgan fingerprint density at radius 1 is 1.07 bits per heavy atom. The fourth-order valence-electron chi connectivity index (χ4n) is 2.13. The lowest BCUT2D eigenvalue weighted by Gasteiger charge is -2.09. The van der Waals surface area contributed by atoms with Crippen molar-refractivity contribution in [3.8, 4) is 11.5 Å². The van der Waals surface area contributed by atoms with Gasteiger partial charge in [-0.25, -0.2) is 13.1 Å². The number of carbonyl (C=O) groups is 1. The van der Waals surface area contributed by atoms with Crippen LogP contribution in [0.4, 0.5) is 0 Å². The van der Waals surface area contributed by atoms with Gasteiger partial charge in [0.1, 0.15) is 23.0 Å². The number of amides is 1. The van der Waals surface area contributed by atoms with Crippen LogP contribution >= 0.6 is 0 Å². The summed E-state index contributed by atoms with van der Waals surface area (Å²) in [4.78, 5) is 15.6. The highest BCUT2D eigenvalue weighted by Crippen LogP contribution is 2.17. The van der Waals surface area contributed by atoms with Crippen LogP contribution in [-0.2, 0) is 14.8 Å². The van der Waals surface area contributed by atoms with Gasteiger partial charge in [0.15, 0.2) is 0 Å². The third-order valence-corrected chi connectivity index (χ3v) is 4.86. The minimum absolute atomic E-state index is 0.00279. The van der Waals surface area contributed by atoms with E-state index in [1.165, 1.54) is 24.5 Å². The van der Waals surface area contributed by atoms with Gasteiger partial charge in [-0.05, 0) is 43.3 Å². The van der Waals surface area contributed by atoms with Crippen LogP contribution in [0.5, 0.6) is 11.5 Å². The van der Waals surface area contributed by atoms with Crippen molar-refractivity contribution in [3.63, 3.8) is 0 Å². The molecule has 0 aliphatic carbocycles. The van der Waals surface area contributed by atoms with Gasteiger partial charge in [0.25, 0.3) is 0 Å². The molecule has 0 radical (unpaired) electrons. The van der Waals surface area contributed by atoms with Gasteiger partial charge in [0.05, 0.1) is 13.2 Å². The molecule has 27 heavy (non-hydrogen) atoms. The van der Waals surface area contributed by atoms with Gasteiger partial charge in [-0.15, -0.1) is 0 Å². The number of nitrogens with one attached hydrogen (secondary N) is 2. The summed E-state index contributed by atoms with van der Waals surface area (Å²) < 4.78 is 37.2. The van der Waals surface area contributed by atoms with E-state index in [2.05, 4.69) is 15.0 Å². The summed E-state index contributed by atoms with van der Waals surface area (Å²) in [6, 6.07) is 10.2. The van der Waals surface area contributed by atoms with Gasteiger partial charge in [-0.3, -0.25) is 9.78 Å². The SMILES string of the molecule is CCOc1ccc(OCCNC(=O)CCNS(=O)(=O)c2cccnc2)cc1. The van der Waals surface area contributed by atoms with Crippen LogP contribution < -0.4 is 19.5 Å². The second-order valence-corrected chi connectivity index (χ2v) is 7.21. The third-order valence-electron chi connectivity index (χ3n) is 3.42. The van der Waals surface area contributed by atoms with E-state index in [-0.39, 0.29) is 23.8 Å². The van der Waals surface area contributed by atoms with Crippen molar-refractivity contribution < 1.29 is 22.7 Å². The molecule has 2 aromatic rings. The van der Waals surface area contributed by atoms with E-state index < -0.39 is 10.0 Å². The summed E-state index contributed by atoms with van der Waals surface area (Å²) in [5.74, 6) is 1.18. The van der Waals surface area contributed by atoms with Crippen molar-refractivity contribution in [2.24, 2.45) is 0 Å². The Morgan fingerprint density at radius 3 is 2.41 bits per heavy atom. The van der Waals surface area contributed by atoms with Crippen LogP contribution in [0.25, 0.3) is 0 Å². The van der Waals surface area contributed by atoms with Crippen molar-refractivity contribution in [1.82, 2.24) is 15.0 Å². The Bertz CT molecular complexity index is 811. The zero-order chi connectivity index (χ0) is 19.5. The van der Waals surface area contributed by atoms with Crippen molar-refractivity contribution in [3.05, 3.63) is 48.8 Å². The average Bonchev–Trinajstić information content (AvgIpc) is 2.67. The molecule has 0 aliphatic heterocycles. The maximum Gasteiger partial charge on any atom is 0.242 e. The summed E-state index contributed by atoms with van der Waals surface area (Å²) in [7, 11) is -3.65. The Balaban J connectivity index is 1.62. The molecule has 0 unspecified atom stereocenters. The maximum atomic E-state index is 12.0. The number of carbonyl (C=O) groups excluding carboxylic acids is 1. The van der Waals surface area contributed by atoms with E-state index in [0.717, 1.165) is 5.75 Å². The molecule has 9 heteroatoms. The van der Waals surface area contributed by atoms with E-state index in [1.54, 1.807) is 12.1 Å². The summed E-state index contributed by atoms with van der Waals surface area (Å²) >= 11 is 0. The molecule has 2 N–H and O–H groups in total. The standard InChI is InChI=1S/C18H23N3O5S/c1-2-25-15-5-7-16(8-6-15)26-13-12-20-18(22)9-11-21-27(23,24)17-4-3-10-19-14-17/h3-8,10,14,21H,2,9,11-13H2,1H3,(H,20,22). The van der Waals surface area contributed by atoms with Crippen molar-refractivity contribution in [1.29, 1.82) is 0 Å². The third kappa shape index (κ3) is 7.24. The Kier molecular flexibility index (Phi) is 8.02. The fraction of sp³-hybridized carbons (Fsp3) is 0.333. The first-order valence-electron chi connectivity index (χ1n) is 8.53. The van der Waals surface area contributed by atoms with Gasteiger partial charge in [0.2, 0.25) is 15.9 Å². The number of hydrogen-bond donors (Lipinski definition) is 2.